The van der Waals surface area contributed by atoms with Crippen LogP contribution in [0.25, 0.3) is 5.82 Å². The lowest BCUT2D eigenvalue weighted by Gasteiger charge is -2.19. The molecule has 0 radical (unpaired) electrons. The summed E-state index contributed by atoms with van der Waals surface area (Å²) >= 11 is 5.99. The number of halogens is 5. The van der Waals surface area contributed by atoms with Crippen LogP contribution in [0.3, 0.4) is 0 Å². The molecule has 0 aliphatic heterocycles. The molecule has 1 aromatic carbocycles. The van der Waals surface area contributed by atoms with E-state index in [2.05, 4.69) is 20.4 Å². The van der Waals surface area contributed by atoms with Gasteiger partial charge in [0, 0.05) is 18.9 Å². The van der Waals surface area contributed by atoms with Gasteiger partial charge in [-0.1, -0.05) is 41.9 Å². The first-order valence-corrected chi connectivity index (χ1v) is 12.5. The van der Waals surface area contributed by atoms with Gasteiger partial charge in [-0.05, 0) is 31.5 Å². The Kier molecular flexibility index (Phi) is 9.03. The van der Waals surface area contributed by atoms with E-state index in [1.165, 1.54) is 23.0 Å². The number of rotatable bonds is 10. The summed E-state index contributed by atoms with van der Waals surface area (Å²) in [7, 11) is 0. The fraction of sp³-hybridized carbons (Fsp3) is 0.269. The van der Waals surface area contributed by atoms with E-state index in [1.807, 2.05) is 30.3 Å². The number of ether oxygens (including phenoxy) is 2. The number of hydrogen-bond donors (Lipinski definition) is 1. The minimum Gasteiger partial charge on any atom is -0.464 e. The van der Waals surface area contributed by atoms with Gasteiger partial charge in [0.2, 0.25) is 5.88 Å². The van der Waals surface area contributed by atoms with Gasteiger partial charge in [0.15, 0.2) is 23.6 Å². The van der Waals surface area contributed by atoms with Gasteiger partial charge in [-0.2, -0.15) is 22.8 Å². The normalized spacial score (nSPS) is 12.3. The summed E-state index contributed by atoms with van der Waals surface area (Å²) in [5.74, 6) is -3.82. The Hall–Kier alpha value is -4.30. The van der Waals surface area contributed by atoms with Crippen molar-refractivity contribution in [2.24, 2.45) is 0 Å². The summed E-state index contributed by atoms with van der Waals surface area (Å²) in [6.07, 6.45) is -4.75. The first-order valence-electron chi connectivity index (χ1n) is 12.1. The molecule has 10 nitrogen and oxygen atoms in total. The number of pyridine rings is 2. The molecule has 0 saturated heterocycles. The van der Waals surface area contributed by atoms with Crippen LogP contribution in [0.5, 0.6) is 5.88 Å². The van der Waals surface area contributed by atoms with E-state index in [1.54, 1.807) is 6.92 Å². The molecule has 3 heterocycles. The first kappa shape index (κ1) is 29.7. The third-order valence-electron chi connectivity index (χ3n) is 5.74. The number of nitrogens with zero attached hydrogens (tertiary/aromatic N) is 5. The number of alkyl halides is 3. The van der Waals surface area contributed by atoms with Crippen molar-refractivity contribution < 1.29 is 31.8 Å². The van der Waals surface area contributed by atoms with Crippen LogP contribution in [-0.4, -0.2) is 42.5 Å². The lowest BCUT2D eigenvalue weighted by molar-refractivity contribution is -0.190. The molecule has 4 rings (SSSR count). The monoisotopic (exact) mass is 594 g/mol. The molecule has 0 fully saturated rings. The zero-order valence-electron chi connectivity index (χ0n) is 21.7. The number of nitrogens with one attached hydrogen (secondary N) is 1. The summed E-state index contributed by atoms with van der Waals surface area (Å²) in [4.78, 5) is 33.6. The summed E-state index contributed by atoms with van der Waals surface area (Å²) in [5, 5.41) is 6.48. The quantitative estimate of drug-likeness (QED) is 0.259. The Labute approximate surface area is 235 Å². The molecule has 0 aliphatic rings. The van der Waals surface area contributed by atoms with Crippen LogP contribution in [0.1, 0.15) is 35.6 Å². The van der Waals surface area contributed by atoms with Crippen molar-refractivity contribution in [3.8, 4) is 11.7 Å². The Morgan fingerprint density at radius 1 is 1.17 bits per heavy atom. The third-order valence-corrected chi connectivity index (χ3v) is 6.04. The predicted molar refractivity (Wildman–Crippen MR) is 140 cm³/mol. The van der Waals surface area contributed by atoms with Crippen LogP contribution >= 0.6 is 11.6 Å². The average molecular weight is 595 g/mol. The van der Waals surface area contributed by atoms with Crippen molar-refractivity contribution >= 4 is 23.2 Å². The Bertz CT molecular complexity index is 1590. The van der Waals surface area contributed by atoms with Crippen molar-refractivity contribution in [2.75, 3.05) is 5.32 Å². The fourth-order valence-corrected chi connectivity index (χ4v) is 3.76. The maximum Gasteiger partial charge on any atom is 0.425 e. The molecule has 216 valence electrons. The Morgan fingerprint density at radius 3 is 2.56 bits per heavy atom. The van der Waals surface area contributed by atoms with E-state index in [0.29, 0.717) is 17.7 Å². The maximum absolute atomic E-state index is 15.4. The number of carbonyl (C=O) groups is 1. The number of benzene rings is 1. The van der Waals surface area contributed by atoms with Crippen LogP contribution in [0.15, 0.2) is 59.7 Å². The number of hydrogen-bond acceptors (Lipinski definition) is 7. The van der Waals surface area contributed by atoms with Crippen LogP contribution in [0, 0.1) is 5.82 Å². The number of aromatic nitrogens is 5. The summed E-state index contributed by atoms with van der Waals surface area (Å²) < 4.78 is 67.8. The van der Waals surface area contributed by atoms with Gasteiger partial charge in [0.05, 0.1) is 17.3 Å². The highest BCUT2D eigenvalue weighted by Gasteiger charge is 2.39. The molecule has 0 bridgehead atoms. The molecular weight excluding hydrogens is 572 g/mol. The summed E-state index contributed by atoms with van der Waals surface area (Å²) in [6, 6.07) is 11.1. The van der Waals surface area contributed by atoms with Crippen molar-refractivity contribution in [2.45, 2.75) is 45.9 Å². The van der Waals surface area contributed by atoms with Gasteiger partial charge in [0.25, 0.3) is 5.91 Å². The largest absolute Gasteiger partial charge is 0.464 e. The number of anilines is 1. The van der Waals surface area contributed by atoms with Crippen LogP contribution < -0.4 is 15.7 Å². The molecule has 1 N–H and O–H groups in total. The second-order valence-corrected chi connectivity index (χ2v) is 9.00. The van der Waals surface area contributed by atoms with E-state index in [9.17, 15) is 22.8 Å². The van der Waals surface area contributed by atoms with E-state index in [-0.39, 0.29) is 36.3 Å². The minimum atomic E-state index is -4.84. The van der Waals surface area contributed by atoms with E-state index in [4.69, 9.17) is 21.1 Å². The van der Waals surface area contributed by atoms with E-state index in [0.717, 1.165) is 5.56 Å². The van der Waals surface area contributed by atoms with Crippen LogP contribution in [0.4, 0.5) is 23.2 Å². The molecule has 0 spiro atoms. The van der Waals surface area contributed by atoms with E-state index < -0.39 is 47.0 Å². The molecule has 1 amide bonds. The van der Waals surface area contributed by atoms with Gasteiger partial charge in [0.1, 0.15) is 12.2 Å². The van der Waals surface area contributed by atoms with Crippen molar-refractivity contribution in [3.63, 3.8) is 0 Å². The lowest BCUT2D eigenvalue weighted by atomic mass is 10.2. The topological polar surface area (TPSA) is 113 Å². The standard InChI is InChI=1S/C26H23ClF4N6O4/c1-3-36-21(14-40-13-16-7-5-4-6-8-16)35-37(25(36)39)22-19(28)11-17(24(34-22)41-15(2)26(29,30)31)23(38)33-20-9-10-32-12-18(20)27/h4-12,15H,3,13-14H2,1-2H3,(H,32,33,38). The molecule has 1 atom stereocenters. The SMILES string of the molecule is CCn1c(COCc2ccccc2)nn(-c2nc(OC(C)C(F)(F)F)c(C(=O)Nc3ccncc3Cl)cc2F)c1=O. The van der Waals surface area contributed by atoms with Gasteiger partial charge >= 0.3 is 11.9 Å². The highest BCUT2D eigenvalue weighted by atomic mass is 35.5. The Morgan fingerprint density at radius 2 is 1.90 bits per heavy atom. The van der Waals surface area contributed by atoms with Crippen LogP contribution in [0.2, 0.25) is 5.02 Å². The zero-order chi connectivity index (χ0) is 29.7. The van der Waals surface area contributed by atoms with Gasteiger partial charge in [-0.3, -0.25) is 14.3 Å². The number of carbonyl (C=O) groups excluding carboxylic acids is 1. The summed E-state index contributed by atoms with van der Waals surface area (Å²) in [5.41, 5.74) is -0.575. The van der Waals surface area contributed by atoms with Gasteiger partial charge < -0.3 is 14.8 Å². The first-order chi connectivity index (χ1) is 19.5. The molecule has 15 heteroatoms. The van der Waals surface area contributed by atoms with Crippen LogP contribution in [-0.2, 0) is 24.5 Å². The lowest BCUT2D eigenvalue weighted by Crippen LogP contribution is -2.33. The maximum atomic E-state index is 15.4. The third kappa shape index (κ3) is 6.89. The average Bonchev–Trinajstić information content (AvgIpc) is 3.25. The molecular formula is C26H23ClF4N6O4. The second kappa shape index (κ2) is 12.5. The van der Waals surface area contributed by atoms with Crippen molar-refractivity contribution in [1.82, 2.24) is 24.3 Å². The van der Waals surface area contributed by atoms with Crippen molar-refractivity contribution in [1.29, 1.82) is 0 Å². The van der Waals surface area contributed by atoms with Crippen molar-refractivity contribution in [3.05, 3.63) is 93.1 Å². The molecule has 0 saturated carbocycles. The Balaban J connectivity index is 1.71. The number of amides is 1. The minimum absolute atomic E-state index is 0.0238. The van der Waals surface area contributed by atoms with Gasteiger partial charge in [-0.15, -0.1) is 5.10 Å². The smallest absolute Gasteiger partial charge is 0.425 e. The fourth-order valence-electron chi connectivity index (χ4n) is 3.60. The molecule has 41 heavy (non-hydrogen) atoms. The highest BCUT2D eigenvalue weighted by molar-refractivity contribution is 6.33. The zero-order valence-corrected chi connectivity index (χ0v) is 22.4. The molecule has 3 aromatic heterocycles. The van der Waals surface area contributed by atoms with E-state index >= 15 is 4.39 Å². The van der Waals surface area contributed by atoms with Gasteiger partial charge in [-0.25, -0.2) is 9.18 Å². The molecule has 0 aliphatic carbocycles. The predicted octanol–water partition coefficient (Wildman–Crippen LogP) is 4.94. The highest BCUT2D eigenvalue weighted by Crippen LogP contribution is 2.29. The molecule has 4 aromatic rings. The molecule has 1 unspecified atom stereocenters. The summed E-state index contributed by atoms with van der Waals surface area (Å²) in [6.45, 7) is 2.54. The second-order valence-electron chi connectivity index (χ2n) is 8.59.